The minimum atomic E-state index is 0.202. The van der Waals surface area contributed by atoms with Crippen LogP contribution in [-0.4, -0.2) is 37.0 Å². The number of amides is 1. The minimum Gasteiger partial charge on any atom is -0.312 e. The molecule has 1 aliphatic heterocycles. The van der Waals surface area contributed by atoms with Gasteiger partial charge < -0.3 is 4.90 Å². The SMILES string of the molecule is O=C1CCCN1c1ccc(-c2cncc(-c3cc(C4CC4)nc4nncn34)c2)cc1. The third-order valence-corrected chi connectivity index (χ3v) is 5.92. The van der Waals surface area contributed by atoms with Gasteiger partial charge in [-0.2, -0.15) is 0 Å². The minimum absolute atomic E-state index is 0.202. The lowest BCUT2D eigenvalue weighted by atomic mass is 10.0. The molecule has 1 saturated carbocycles. The molecule has 0 bridgehead atoms. The Balaban J connectivity index is 1.38. The predicted molar refractivity (Wildman–Crippen MR) is 113 cm³/mol. The molecule has 1 aromatic carbocycles. The van der Waals surface area contributed by atoms with E-state index in [1.165, 1.54) is 12.8 Å². The van der Waals surface area contributed by atoms with Crippen LogP contribution in [0.4, 0.5) is 5.69 Å². The Morgan fingerprint density at radius 1 is 0.967 bits per heavy atom. The summed E-state index contributed by atoms with van der Waals surface area (Å²) in [7, 11) is 0. The summed E-state index contributed by atoms with van der Waals surface area (Å²) in [6.07, 6.45) is 9.36. The Kier molecular flexibility index (Phi) is 3.87. The van der Waals surface area contributed by atoms with Crippen molar-refractivity contribution in [1.29, 1.82) is 0 Å². The van der Waals surface area contributed by atoms with Gasteiger partial charge in [0, 0.05) is 53.8 Å². The summed E-state index contributed by atoms with van der Waals surface area (Å²) < 4.78 is 1.91. The van der Waals surface area contributed by atoms with E-state index < -0.39 is 0 Å². The van der Waals surface area contributed by atoms with Crippen LogP contribution in [0.15, 0.2) is 55.1 Å². The number of fused-ring (bicyclic) bond motifs is 1. The fourth-order valence-electron chi connectivity index (χ4n) is 4.14. The van der Waals surface area contributed by atoms with E-state index in [9.17, 15) is 4.79 Å². The third-order valence-electron chi connectivity index (χ3n) is 5.92. The van der Waals surface area contributed by atoms with E-state index in [1.807, 2.05) is 33.8 Å². The van der Waals surface area contributed by atoms with Crippen LogP contribution in [-0.2, 0) is 4.79 Å². The monoisotopic (exact) mass is 396 g/mol. The molecule has 2 aliphatic rings. The fraction of sp³-hybridized carbons (Fsp3) is 0.261. The molecule has 2 fully saturated rings. The van der Waals surface area contributed by atoms with Crippen LogP contribution in [0.25, 0.3) is 28.2 Å². The Labute approximate surface area is 173 Å². The second-order valence-corrected chi connectivity index (χ2v) is 8.00. The fourth-order valence-corrected chi connectivity index (χ4v) is 4.14. The molecule has 4 aromatic rings. The van der Waals surface area contributed by atoms with Crippen LogP contribution < -0.4 is 4.90 Å². The van der Waals surface area contributed by atoms with Crippen molar-refractivity contribution >= 4 is 17.4 Å². The molecule has 0 radical (unpaired) electrons. The molecule has 1 amide bonds. The zero-order valence-corrected chi connectivity index (χ0v) is 16.4. The lowest BCUT2D eigenvalue weighted by Gasteiger charge is -2.16. The number of carbonyl (C=O) groups is 1. The van der Waals surface area contributed by atoms with E-state index in [4.69, 9.17) is 0 Å². The third kappa shape index (κ3) is 2.94. The summed E-state index contributed by atoms with van der Waals surface area (Å²) in [5.74, 6) is 1.36. The van der Waals surface area contributed by atoms with Crippen molar-refractivity contribution in [2.24, 2.45) is 0 Å². The van der Waals surface area contributed by atoms with Gasteiger partial charge in [-0.25, -0.2) is 4.98 Å². The van der Waals surface area contributed by atoms with E-state index in [2.05, 4.69) is 44.4 Å². The number of aromatic nitrogens is 5. The van der Waals surface area contributed by atoms with Crippen molar-refractivity contribution in [3.8, 4) is 22.4 Å². The summed E-state index contributed by atoms with van der Waals surface area (Å²) in [5, 5.41) is 8.20. The van der Waals surface area contributed by atoms with Gasteiger partial charge in [0.15, 0.2) is 0 Å². The molecule has 0 unspecified atom stereocenters. The second kappa shape index (κ2) is 6.73. The molecule has 0 spiro atoms. The topological polar surface area (TPSA) is 76.3 Å². The number of hydrogen-bond donors (Lipinski definition) is 0. The molecule has 0 N–H and O–H groups in total. The van der Waals surface area contributed by atoms with Crippen molar-refractivity contribution in [3.63, 3.8) is 0 Å². The summed E-state index contributed by atoms with van der Waals surface area (Å²) in [4.78, 5) is 23.0. The summed E-state index contributed by atoms with van der Waals surface area (Å²) in [5.41, 5.74) is 6.13. The first-order chi connectivity index (χ1) is 14.8. The highest BCUT2D eigenvalue weighted by Crippen LogP contribution is 2.40. The Morgan fingerprint density at radius 2 is 1.80 bits per heavy atom. The number of pyridine rings is 1. The zero-order valence-electron chi connectivity index (χ0n) is 16.4. The van der Waals surface area contributed by atoms with Gasteiger partial charge in [-0.05, 0) is 49.1 Å². The van der Waals surface area contributed by atoms with E-state index >= 15 is 0 Å². The lowest BCUT2D eigenvalue weighted by Crippen LogP contribution is -2.23. The highest BCUT2D eigenvalue weighted by molar-refractivity contribution is 5.95. The highest BCUT2D eigenvalue weighted by atomic mass is 16.2. The molecule has 6 rings (SSSR count). The molecule has 1 aliphatic carbocycles. The molecule has 148 valence electrons. The molecular weight excluding hydrogens is 376 g/mol. The first-order valence-corrected chi connectivity index (χ1v) is 10.3. The summed E-state index contributed by atoms with van der Waals surface area (Å²) >= 11 is 0. The standard InChI is InChI=1S/C23H20N6O/c30-22-2-1-9-28(22)19-7-5-15(6-8-19)17-10-18(13-24-12-17)21-11-20(16-3-4-16)26-23-27-25-14-29(21)23/h5-8,10-14,16H,1-4,9H2. The van der Waals surface area contributed by atoms with E-state index in [0.29, 0.717) is 18.1 Å². The molecule has 3 aromatic heterocycles. The zero-order chi connectivity index (χ0) is 20.1. The van der Waals surface area contributed by atoms with Crippen LogP contribution in [0.3, 0.4) is 0 Å². The van der Waals surface area contributed by atoms with Crippen LogP contribution in [0.5, 0.6) is 0 Å². The highest BCUT2D eigenvalue weighted by Gasteiger charge is 2.27. The normalized spacial score (nSPS) is 16.5. The molecule has 7 nitrogen and oxygen atoms in total. The quantitative estimate of drug-likeness (QED) is 0.524. The van der Waals surface area contributed by atoms with Crippen LogP contribution in [0.2, 0.25) is 0 Å². The second-order valence-electron chi connectivity index (χ2n) is 8.00. The van der Waals surface area contributed by atoms with Gasteiger partial charge in [0.1, 0.15) is 6.33 Å². The number of nitrogens with zero attached hydrogens (tertiary/aromatic N) is 6. The van der Waals surface area contributed by atoms with E-state index in [0.717, 1.165) is 46.7 Å². The number of anilines is 1. The molecule has 0 atom stereocenters. The maximum absolute atomic E-state index is 12.0. The van der Waals surface area contributed by atoms with Gasteiger partial charge in [-0.3, -0.25) is 14.2 Å². The average Bonchev–Trinajstić information content (AvgIpc) is 3.38. The molecule has 4 heterocycles. The Hall–Kier alpha value is -3.61. The van der Waals surface area contributed by atoms with Crippen molar-refractivity contribution in [2.75, 3.05) is 11.4 Å². The molecule has 7 heteroatoms. The van der Waals surface area contributed by atoms with Gasteiger partial charge in [0.05, 0.1) is 5.69 Å². The van der Waals surface area contributed by atoms with E-state index in [1.54, 1.807) is 6.33 Å². The molecular formula is C23H20N6O. The first-order valence-electron chi connectivity index (χ1n) is 10.3. The van der Waals surface area contributed by atoms with Gasteiger partial charge >= 0.3 is 0 Å². The number of carbonyl (C=O) groups excluding carboxylic acids is 1. The summed E-state index contributed by atoms with van der Waals surface area (Å²) in [6.45, 7) is 0.801. The number of hydrogen-bond acceptors (Lipinski definition) is 5. The Morgan fingerprint density at radius 3 is 2.57 bits per heavy atom. The lowest BCUT2D eigenvalue weighted by molar-refractivity contribution is -0.117. The van der Waals surface area contributed by atoms with Crippen molar-refractivity contribution in [1.82, 2.24) is 24.6 Å². The summed E-state index contributed by atoms with van der Waals surface area (Å²) in [6, 6.07) is 12.4. The van der Waals surface area contributed by atoms with Crippen molar-refractivity contribution in [3.05, 3.63) is 60.8 Å². The van der Waals surface area contributed by atoms with Gasteiger partial charge in [0.25, 0.3) is 5.78 Å². The number of benzene rings is 1. The molecule has 1 saturated heterocycles. The van der Waals surface area contributed by atoms with Crippen LogP contribution in [0.1, 0.15) is 37.3 Å². The van der Waals surface area contributed by atoms with Gasteiger partial charge in [0.2, 0.25) is 5.91 Å². The van der Waals surface area contributed by atoms with Crippen molar-refractivity contribution < 1.29 is 4.79 Å². The predicted octanol–water partition coefficient (Wildman–Crippen LogP) is 3.86. The maximum atomic E-state index is 12.0. The van der Waals surface area contributed by atoms with Gasteiger partial charge in [-0.1, -0.05) is 12.1 Å². The van der Waals surface area contributed by atoms with Crippen molar-refractivity contribution in [2.45, 2.75) is 31.6 Å². The Bertz CT molecular complexity index is 1260. The largest absolute Gasteiger partial charge is 0.312 e. The average molecular weight is 396 g/mol. The van der Waals surface area contributed by atoms with Gasteiger partial charge in [-0.15, -0.1) is 10.2 Å². The number of rotatable bonds is 4. The van der Waals surface area contributed by atoms with Crippen LogP contribution >= 0.6 is 0 Å². The van der Waals surface area contributed by atoms with E-state index in [-0.39, 0.29) is 5.91 Å². The maximum Gasteiger partial charge on any atom is 0.255 e. The molecule has 30 heavy (non-hydrogen) atoms. The van der Waals surface area contributed by atoms with Crippen LogP contribution in [0, 0.1) is 0 Å². The smallest absolute Gasteiger partial charge is 0.255 e. The first kappa shape index (κ1) is 17.3.